The number of fused-ring (bicyclic) bond motifs is 1. The minimum Gasteiger partial charge on any atom is -0.383 e. The molecular weight excluding hydrogens is 114 g/mol. The van der Waals surface area contributed by atoms with E-state index in [0.29, 0.717) is 0 Å². The van der Waals surface area contributed by atoms with Crippen LogP contribution in [0.4, 0.5) is 0 Å². The van der Waals surface area contributed by atoms with Crippen molar-refractivity contribution in [2.75, 3.05) is 0 Å². The second-order valence-electron chi connectivity index (χ2n) is 2.13. The van der Waals surface area contributed by atoms with Crippen LogP contribution in [0.2, 0.25) is 0 Å². The molecule has 1 unspecified atom stereocenters. The van der Waals surface area contributed by atoms with Gasteiger partial charge in [-0.15, -0.1) is 0 Å². The molecule has 9 heavy (non-hydrogen) atoms. The summed E-state index contributed by atoms with van der Waals surface area (Å²) in [6.45, 7) is 0. The maximum absolute atomic E-state index is 9.16. The molecule has 0 amide bonds. The summed E-state index contributed by atoms with van der Waals surface area (Å²) in [6, 6.07) is 3.83. The molecule has 0 saturated carbocycles. The van der Waals surface area contributed by atoms with Gasteiger partial charge in [-0.1, -0.05) is 0 Å². The molecule has 1 N–H and O–H groups in total. The van der Waals surface area contributed by atoms with Crippen molar-refractivity contribution in [3.63, 3.8) is 0 Å². The minimum atomic E-state index is -0.389. The van der Waals surface area contributed by atoms with Crippen molar-refractivity contribution in [3.05, 3.63) is 30.1 Å². The van der Waals surface area contributed by atoms with Crippen LogP contribution >= 0.6 is 0 Å². The monoisotopic (exact) mass is 121 g/mol. The summed E-state index contributed by atoms with van der Waals surface area (Å²) >= 11 is 0. The molecule has 0 spiro atoms. The number of hydrogen-bond donors (Lipinski definition) is 1. The Labute approximate surface area is 53.0 Å². The van der Waals surface area contributed by atoms with Crippen LogP contribution in [0.5, 0.6) is 0 Å². The van der Waals surface area contributed by atoms with Crippen LogP contribution in [0.1, 0.15) is 11.8 Å². The highest BCUT2D eigenvalue weighted by atomic mass is 16.3. The lowest BCUT2D eigenvalue weighted by Gasteiger charge is -1.96. The lowest BCUT2D eigenvalue weighted by atomic mass is 10.3. The van der Waals surface area contributed by atoms with Gasteiger partial charge in [-0.25, -0.2) is 0 Å². The van der Waals surface area contributed by atoms with E-state index < -0.39 is 0 Å². The Hall–Kier alpha value is -1.02. The fourth-order valence-corrected chi connectivity index (χ4v) is 1.07. The van der Waals surface area contributed by atoms with Gasteiger partial charge in [-0.2, -0.15) is 0 Å². The minimum absolute atomic E-state index is 0.389. The first-order valence-electron chi connectivity index (χ1n) is 2.91. The summed E-state index contributed by atoms with van der Waals surface area (Å²) < 4.78 is 1.91. The first kappa shape index (κ1) is 4.82. The molecule has 2 heteroatoms. The summed E-state index contributed by atoms with van der Waals surface area (Å²) in [5, 5.41) is 9.16. The third-order valence-corrected chi connectivity index (χ3v) is 1.54. The van der Waals surface area contributed by atoms with Gasteiger partial charge in [0.25, 0.3) is 0 Å². The molecule has 2 nitrogen and oxygen atoms in total. The first-order chi connectivity index (χ1) is 4.38. The van der Waals surface area contributed by atoms with E-state index in [4.69, 9.17) is 5.11 Å². The van der Waals surface area contributed by atoms with Gasteiger partial charge in [0.05, 0.1) is 5.69 Å². The van der Waals surface area contributed by atoms with E-state index >= 15 is 0 Å². The molecule has 1 atom stereocenters. The fourth-order valence-electron chi connectivity index (χ4n) is 1.07. The van der Waals surface area contributed by atoms with E-state index in [-0.39, 0.29) is 6.10 Å². The third-order valence-electron chi connectivity index (χ3n) is 1.54. The molecule has 1 aliphatic heterocycles. The third kappa shape index (κ3) is 0.535. The molecule has 0 saturated heterocycles. The largest absolute Gasteiger partial charge is 0.383 e. The molecule has 1 aliphatic rings. The Morgan fingerprint density at radius 3 is 3.22 bits per heavy atom. The Kier molecular flexibility index (Phi) is 0.794. The van der Waals surface area contributed by atoms with Crippen molar-refractivity contribution in [1.82, 2.24) is 4.57 Å². The van der Waals surface area contributed by atoms with E-state index in [1.807, 2.05) is 29.1 Å². The van der Waals surface area contributed by atoms with Gasteiger partial charge in [0.15, 0.2) is 0 Å². The average molecular weight is 121 g/mol. The number of rotatable bonds is 0. The lowest BCUT2D eigenvalue weighted by Crippen LogP contribution is -1.90. The molecule has 0 radical (unpaired) electrons. The maximum Gasteiger partial charge on any atom is 0.114 e. The predicted octanol–water partition coefficient (Wildman–Crippen LogP) is 1.01. The Balaban J connectivity index is 2.60. The highest BCUT2D eigenvalue weighted by Gasteiger charge is 2.11. The van der Waals surface area contributed by atoms with Gasteiger partial charge >= 0.3 is 0 Å². The smallest absolute Gasteiger partial charge is 0.114 e. The van der Waals surface area contributed by atoms with Crippen molar-refractivity contribution < 1.29 is 5.11 Å². The number of aliphatic hydroxyl groups is 1. The maximum atomic E-state index is 9.16. The van der Waals surface area contributed by atoms with E-state index in [2.05, 4.69) is 0 Å². The summed E-state index contributed by atoms with van der Waals surface area (Å²) in [6.07, 6.45) is 5.15. The zero-order valence-electron chi connectivity index (χ0n) is 4.86. The lowest BCUT2D eigenvalue weighted by molar-refractivity contribution is 0.228. The molecule has 0 aromatic carbocycles. The van der Waals surface area contributed by atoms with Gasteiger partial charge < -0.3 is 9.67 Å². The second kappa shape index (κ2) is 1.48. The Morgan fingerprint density at radius 1 is 1.56 bits per heavy atom. The van der Waals surface area contributed by atoms with Crippen molar-refractivity contribution in [2.24, 2.45) is 0 Å². The van der Waals surface area contributed by atoms with E-state index in [0.717, 1.165) is 5.69 Å². The van der Waals surface area contributed by atoms with E-state index in [1.165, 1.54) is 0 Å². The topological polar surface area (TPSA) is 25.2 Å². The van der Waals surface area contributed by atoms with Crippen LogP contribution in [0.25, 0.3) is 6.20 Å². The Morgan fingerprint density at radius 2 is 2.44 bits per heavy atom. The number of aliphatic hydroxyl groups excluding tert-OH is 1. The van der Waals surface area contributed by atoms with Gasteiger partial charge in [-0.3, -0.25) is 0 Å². The highest BCUT2D eigenvalue weighted by Crippen LogP contribution is 2.21. The van der Waals surface area contributed by atoms with Crippen molar-refractivity contribution >= 4 is 6.20 Å². The summed E-state index contributed by atoms with van der Waals surface area (Å²) in [4.78, 5) is 0. The number of aromatic nitrogens is 1. The molecule has 1 aromatic heterocycles. The summed E-state index contributed by atoms with van der Waals surface area (Å²) in [5.74, 6) is 0. The van der Waals surface area contributed by atoms with E-state index in [9.17, 15) is 0 Å². The van der Waals surface area contributed by atoms with Crippen molar-refractivity contribution in [2.45, 2.75) is 6.10 Å². The molecule has 0 fully saturated rings. The molecule has 0 aliphatic carbocycles. The number of hydrogen-bond acceptors (Lipinski definition) is 1. The number of nitrogens with zero attached hydrogens (tertiary/aromatic N) is 1. The van der Waals surface area contributed by atoms with Crippen LogP contribution < -0.4 is 0 Å². The Bertz CT molecular complexity index is 249. The average Bonchev–Trinajstić information content (AvgIpc) is 2.35. The van der Waals surface area contributed by atoms with Gasteiger partial charge in [0, 0.05) is 12.4 Å². The van der Waals surface area contributed by atoms with Gasteiger partial charge in [-0.05, 0) is 18.2 Å². The van der Waals surface area contributed by atoms with Crippen LogP contribution in [0.3, 0.4) is 0 Å². The first-order valence-corrected chi connectivity index (χ1v) is 2.91. The van der Waals surface area contributed by atoms with Gasteiger partial charge in [0.2, 0.25) is 0 Å². The van der Waals surface area contributed by atoms with Crippen LogP contribution in [0, 0.1) is 0 Å². The van der Waals surface area contributed by atoms with Crippen LogP contribution in [-0.4, -0.2) is 9.67 Å². The molecule has 0 bridgehead atoms. The standard InChI is InChI=1S/C7H7NO/c9-7-3-5-8-4-1-2-6(7)8/h1-5,7,9H. The van der Waals surface area contributed by atoms with Crippen LogP contribution in [0.15, 0.2) is 24.4 Å². The molecule has 1 aromatic rings. The summed E-state index contributed by atoms with van der Waals surface area (Å²) in [5.41, 5.74) is 0.954. The predicted molar refractivity (Wildman–Crippen MR) is 34.7 cm³/mol. The summed E-state index contributed by atoms with van der Waals surface area (Å²) in [7, 11) is 0. The van der Waals surface area contributed by atoms with Gasteiger partial charge in [0.1, 0.15) is 6.10 Å². The highest BCUT2D eigenvalue weighted by molar-refractivity contribution is 5.38. The van der Waals surface area contributed by atoms with E-state index in [1.54, 1.807) is 6.08 Å². The zero-order chi connectivity index (χ0) is 6.27. The SMILES string of the molecule is OC1C=Cn2cccc21. The molecule has 2 heterocycles. The molecular formula is C7H7NO. The van der Waals surface area contributed by atoms with Crippen molar-refractivity contribution in [1.29, 1.82) is 0 Å². The quantitative estimate of drug-likeness (QED) is 0.544. The van der Waals surface area contributed by atoms with Crippen molar-refractivity contribution in [3.8, 4) is 0 Å². The fraction of sp³-hybridized carbons (Fsp3) is 0.143. The molecule has 2 rings (SSSR count). The van der Waals surface area contributed by atoms with Crippen LogP contribution in [-0.2, 0) is 0 Å². The second-order valence-corrected chi connectivity index (χ2v) is 2.13. The zero-order valence-corrected chi connectivity index (χ0v) is 4.86. The molecule has 46 valence electrons. The normalized spacial score (nSPS) is 22.6.